The lowest BCUT2D eigenvalue weighted by Gasteiger charge is -2.04. The molecule has 0 spiro atoms. The summed E-state index contributed by atoms with van der Waals surface area (Å²) in [7, 11) is 3.48. The van der Waals surface area contributed by atoms with E-state index in [9.17, 15) is 5.11 Å². The van der Waals surface area contributed by atoms with E-state index in [1.165, 1.54) is 12.9 Å². The van der Waals surface area contributed by atoms with E-state index in [1.54, 1.807) is 0 Å². The fourth-order valence-electron chi connectivity index (χ4n) is 0.0680. The summed E-state index contributed by atoms with van der Waals surface area (Å²) in [5, 5.41) is 9.88. The molecule has 0 rings (SSSR count). The Kier molecular flexibility index (Phi) is 2.87. The summed E-state index contributed by atoms with van der Waals surface area (Å²) in [6.45, 7) is 0. The van der Waals surface area contributed by atoms with Gasteiger partial charge < -0.3 is 9.84 Å². The minimum atomic E-state index is -0.319. The Morgan fingerprint density at radius 2 is 2.50 bits per heavy atom. The maximum absolute atomic E-state index is 9.88. The van der Waals surface area contributed by atoms with Crippen molar-refractivity contribution in [1.29, 1.82) is 0 Å². The number of hydrogen-bond donors (Lipinski definition) is 0. The zero-order valence-electron chi connectivity index (χ0n) is 3.47. The average Bonchev–Trinajstić information content (AvgIpc) is 1.65. The lowest BCUT2D eigenvalue weighted by atomic mass is 11.0. The van der Waals surface area contributed by atoms with Crippen molar-refractivity contribution in [2.75, 3.05) is 7.11 Å². The van der Waals surface area contributed by atoms with Gasteiger partial charge in [0.05, 0.1) is 5.95 Å². The van der Waals surface area contributed by atoms with Gasteiger partial charge in [-0.1, -0.05) is 0 Å². The molecule has 0 bridgehead atoms. The van der Waals surface area contributed by atoms with Crippen LogP contribution in [0.5, 0.6) is 0 Å². The van der Waals surface area contributed by atoms with E-state index in [2.05, 4.69) is 14.0 Å². The van der Waals surface area contributed by atoms with Gasteiger partial charge in [-0.05, 0) is 12.9 Å². The van der Waals surface area contributed by atoms with Crippen molar-refractivity contribution < 1.29 is 9.84 Å². The molecule has 0 radical (unpaired) electrons. The van der Waals surface area contributed by atoms with E-state index in [4.69, 9.17) is 0 Å². The predicted octanol–water partition coefficient (Wildman–Crippen LogP) is -0.333. The summed E-state index contributed by atoms with van der Waals surface area (Å²) in [5.41, 5.74) is 0. The molecule has 1 atom stereocenters. The van der Waals surface area contributed by atoms with E-state index in [0.29, 0.717) is 0 Å². The quantitative estimate of drug-likeness (QED) is 0.337. The minimum absolute atomic E-state index is 0.319. The molecular formula is C3H6O2P-. The lowest BCUT2D eigenvalue weighted by molar-refractivity contribution is -0.352. The van der Waals surface area contributed by atoms with E-state index >= 15 is 0 Å². The van der Waals surface area contributed by atoms with Crippen LogP contribution in [-0.2, 0) is 4.74 Å². The monoisotopic (exact) mass is 105 g/mol. The first-order valence-electron chi connectivity index (χ1n) is 1.44. The van der Waals surface area contributed by atoms with Crippen molar-refractivity contribution in [3.63, 3.8) is 0 Å². The molecule has 0 saturated heterocycles. The molecule has 1 unspecified atom stereocenters. The summed E-state index contributed by atoms with van der Waals surface area (Å²) in [6, 6.07) is 0. The molecule has 0 aliphatic carbocycles. The van der Waals surface area contributed by atoms with Crippen LogP contribution in [0.15, 0.2) is 11.8 Å². The molecule has 0 aliphatic rings. The molecule has 0 fully saturated rings. The Labute approximate surface area is 39.0 Å². The molecule has 0 N–H and O–H groups in total. The third-order valence-corrected chi connectivity index (χ3v) is 0.609. The maximum atomic E-state index is 9.88. The summed E-state index contributed by atoms with van der Waals surface area (Å²) in [6.07, 6.45) is 0. The molecule has 0 aromatic heterocycles. The number of hydrogen-bond acceptors (Lipinski definition) is 2. The molecule has 0 saturated carbocycles. The van der Waals surface area contributed by atoms with Gasteiger partial charge >= 0.3 is 0 Å². The van der Waals surface area contributed by atoms with Gasteiger partial charge in [0.25, 0.3) is 0 Å². The maximum Gasteiger partial charge on any atom is 0.0509 e. The fraction of sp³-hybridized carbons (Fsp3) is 0.333. The number of ether oxygens (including phenoxy) is 1. The van der Waals surface area contributed by atoms with E-state index in [-0.39, 0.29) is 5.95 Å². The Balaban J connectivity index is 3.22. The highest BCUT2D eigenvalue weighted by Crippen LogP contribution is 1.87. The first kappa shape index (κ1) is 5.77. The molecular weight excluding hydrogens is 99.0 g/mol. The first-order valence-corrected chi connectivity index (χ1v) is 2.11. The van der Waals surface area contributed by atoms with Crippen LogP contribution in [0.3, 0.4) is 0 Å². The van der Waals surface area contributed by atoms with Gasteiger partial charge in [-0.3, -0.25) is 0 Å². The molecule has 0 aromatic carbocycles. The molecule has 0 aliphatic heterocycles. The Bertz CT molecular complexity index is 59.8. The van der Waals surface area contributed by atoms with Crippen LogP contribution in [-0.4, -0.2) is 7.11 Å². The van der Waals surface area contributed by atoms with Gasteiger partial charge in [-0.2, -0.15) is 0 Å². The zero-order chi connectivity index (χ0) is 4.99. The van der Waals surface area contributed by atoms with Gasteiger partial charge in [-0.25, -0.2) is 0 Å². The van der Waals surface area contributed by atoms with Gasteiger partial charge in [0.15, 0.2) is 0 Å². The lowest BCUT2D eigenvalue weighted by Crippen LogP contribution is -2.02. The first-order chi connectivity index (χ1) is 2.81. The van der Waals surface area contributed by atoms with Crippen molar-refractivity contribution >= 4 is 9.24 Å². The van der Waals surface area contributed by atoms with Crippen molar-refractivity contribution in [3.8, 4) is 0 Å². The van der Waals surface area contributed by atoms with Crippen molar-refractivity contribution in [2.24, 2.45) is 0 Å². The SMILES string of the molecule is CO/C([O-])=C\P. The Morgan fingerprint density at radius 3 is 2.50 bits per heavy atom. The van der Waals surface area contributed by atoms with Crippen molar-refractivity contribution in [1.82, 2.24) is 0 Å². The molecule has 0 aromatic rings. The Hall–Kier alpha value is -0.230. The third kappa shape index (κ3) is 2.04. The highest BCUT2D eigenvalue weighted by Gasteiger charge is 1.61. The van der Waals surface area contributed by atoms with Crippen LogP contribution in [0.4, 0.5) is 0 Å². The van der Waals surface area contributed by atoms with E-state index in [1.807, 2.05) is 0 Å². The second-order valence-electron chi connectivity index (χ2n) is 0.690. The van der Waals surface area contributed by atoms with E-state index < -0.39 is 0 Å². The highest BCUT2D eigenvalue weighted by molar-refractivity contribution is 7.20. The fourth-order valence-corrected chi connectivity index (χ4v) is 0.204. The third-order valence-electron chi connectivity index (χ3n) is 0.337. The molecule has 2 nitrogen and oxygen atoms in total. The summed E-state index contributed by atoms with van der Waals surface area (Å²) < 4.78 is 4.18. The van der Waals surface area contributed by atoms with Crippen LogP contribution < -0.4 is 5.11 Å². The summed E-state index contributed by atoms with van der Waals surface area (Å²) in [4.78, 5) is 0. The van der Waals surface area contributed by atoms with Crippen LogP contribution in [0.2, 0.25) is 0 Å². The molecule has 0 heterocycles. The molecule has 3 heteroatoms. The predicted molar refractivity (Wildman–Crippen MR) is 24.8 cm³/mol. The van der Waals surface area contributed by atoms with Crippen LogP contribution in [0.1, 0.15) is 0 Å². The Morgan fingerprint density at radius 1 is 2.00 bits per heavy atom. The molecule has 36 valence electrons. The van der Waals surface area contributed by atoms with Crippen LogP contribution in [0.25, 0.3) is 0 Å². The van der Waals surface area contributed by atoms with Crippen LogP contribution >= 0.6 is 9.24 Å². The minimum Gasteiger partial charge on any atom is -0.617 e. The normalized spacial score (nSPS) is 11.3. The van der Waals surface area contributed by atoms with E-state index in [0.717, 1.165) is 0 Å². The summed E-state index contributed by atoms with van der Waals surface area (Å²) in [5.74, 6) is 0.958. The largest absolute Gasteiger partial charge is 0.617 e. The molecule has 0 amide bonds. The number of methoxy groups -OCH3 is 1. The van der Waals surface area contributed by atoms with Crippen LogP contribution in [0, 0.1) is 0 Å². The summed E-state index contributed by atoms with van der Waals surface area (Å²) >= 11 is 0. The number of rotatable bonds is 1. The molecule has 6 heavy (non-hydrogen) atoms. The second kappa shape index (κ2) is 2.98. The van der Waals surface area contributed by atoms with Gasteiger partial charge in [0.1, 0.15) is 0 Å². The average molecular weight is 105 g/mol. The van der Waals surface area contributed by atoms with Crippen molar-refractivity contribution in [3.05, 3.63) is 11.8 Å². The standard InChI is InChI=1S/C3H7O2P/c1-5-3(4)2-6/h2,4H,6H2,1H3/p-1/b3-2-. The second-order valence-corrected chi connectivity index (χ2v) is 1.02. The highest BCUT2D eigenvalue weighted by atomic mass is 31.0. The van der Waals surface area contributed by atoms with Crippen molar-refractivity contribution in [2.45, 2.75) is 0 Å². The van der Waals surface area contributed by atoms with Gasteiger partial charge in [0, 0.05) is 0 Å². The topological polar surface area (TPSA) is 32.3 Å². The zero-order valence-corrected chi connectivity index (χ0v) is 4.63. The van der Waals surface area contributed by atoms with Gasteiger partial charge in [-0.15, -0.1) is 9.24 Å². The van der Waals surface area contributed by atoms with Gasteiger partial charge in [0.2, 0.25) is 0 Å². The smallest absolute Gasteiger partial charge is 0.0509 e.